The van der Waals surface area contributed by atoms with Gasteiger partial charge in [-0.3, -0.25) is 0 Å². The zero-order valence-electron chi connectivity index (χ0n) is 18.5. The molecule has 2 aromatic rings. The minimum absolute atomic E-state index is 0. The van der Waals surface area contributed by atoms with Gasteiger partial charge in [-0.1, -0.05) is 18.2 Å². The van der Waals surface area contributed by atoms with Gasteiger partial charge in [-0.25, -0.2) is 0 Å². The number of ether oxygens (including phenoxy) is 4. The van der Waals surface area contributed by atoms with Crippen LogP contribution in [0.4, 0.5) is 0 Å². The number of halogens is 1. The third-order valence-electron chi connectivity index (χ3n) is 5.76. The van der Waals surface area contributed by atoms with Crippen molar-refractivity contribution in [2.24, 2.45) is 0 Å². The quantitative estimate of drug-likeness (QED) is 0.537. The number of aryl methyl sites for hydroxylation is 2. The van der Waals surface area contributed by atoms with Gasteiger partial charge in [0, 0.05) is 6.04 Å². The summed E-state index contributed by atoms with van der Waals surface area (Å²) >= 11 is 0. The van der Waals surface area contributed by atoms with Gasteiger partial charge in [-0.15, -0.1) is 12.4 Å². The van der Waals surface area contributed by atoms with E-state index in [1.54, 1.807) is 21.3 Å². The first-order valence-electron chi connectivity index (χ1n) is 10.4. The average Bonchev–Trinajstić information content (AvgIpc) is 3.16. The van der Waals surface area contributed by atoms with Gasteiger partial charge in [0.2, 0.25) is 5.75 Å². The molecule has 0 saturated carbocycles. The molecule has 0 radical (unpaired) electrons. The Hall–Kier alpha value is -2.11. The van der Waals surface area contributed by atoms with E-state index < -0.39 is 0 Å². The lowest BCUT2D eigenvalue weighted by Crippen LogP contribution is -2.26. The van der Waals surface area contributed by atoms with Crippen molar-refractivity contribution >= 4 is 12.4 Å². The minimum atomic E-state index is 0. The minimum Gasteiger partial charge on any atom is -0.493 e. The highest BCUT2D eigenvalue weighted by molar-refractivity contribution is 5.85. The zero-order chi connectivity index (χ0) is 20.6. The Balaban J connectivity index is 0.00000320. The van der Waals surface area contributed by atoms with Crippen LogP contribution in [0.3, 0.4) is 0 Å². The molecule has 5 nitrogen and oxygen atoms in total. The highest BCUT2D eigenvalue weighted by Gasteiger charge is 2.20. The molecule has 0 N–H and O–H groups in total. The fourth-order valence-corrected chi connectivity index (χ4v) is 4.06. The second kappa shape index (κ2) is 11.9. The van der Waals surface area contributed by atoms with Gasteiger partial charge in [0.1, 0.15) is 5.75 Å². The molecule has 166 valence electrons. The van der Waals surface area contributed by atoms with E-state index in [2.05, 4.69) is 30.1 Å². The SMILES string of the molecule is COc1cc(CCc2ccccc2OCCC2CCCN2C)cc(OC)c1OC.Cl. The van der Waals surface area contributed by atoms with E-state index in [0.29, 0.717) is 23.3 Å². The van der Waals surface area contributed by atoms with Crippen molar-refractivity contribution in [1.82, 2.24) is 4.90 Å². The summed E-state index contributed by atoms with van der Waals surface area (Å²) in [5.41, 5.74) is 2.36. The number of methoxy groups -OCH3 is 3. The fraction of sp³-hybridized carbons (Fsp3) is 0.500. The Morgan fingerprint density at radius 3 is 2.23 bits per heavy atom. The second-order valence-electron chi connectivity index (χ2n) is 7.56. The first kappa shape index (κ1) is 24.2. The van der Waals surface area contributed by atoms with Gasteiger partial charge in [0.15, 0.2) is 11.5 Å². The lowest BCUT2D eigenvalue weighted by molar-refractivity contribution is 0.232. The van der Waals surface area contributed by atoms with Crippen molar-refractivity contribution in [3.8, 4) is 23.0 Å². The topological polar surface area (TPSA) is 40.2 Å². The second-order valence-corrected chi connectivity index (χ2v) is 7.56. The molecule has 1 fully saturated rings. The summed E-state index contributed by atoms with van der Waals surface area (Å²) in [6, 6.07) is 13.0. The number of likely N-dealkylation sites (tertiary alicyclic amines) is 1. The Kier molecular flexibility index (Phi) is 9.60. The molecule has 1 unspecified atom stereocenters. The Morgan fingerprint density at radius 1 is 0.933 bits per heavy atom. The van der Waals surface area contributed by atoms with Crippen LogP contribution < -0.4 is 18.9 Å². The maximum Gasteiger partial charge on any atom is 0.203 e. The number of rotatable bonds is 10. The van der Waals surface area contributed by atoms with Gasteiger partial charge in [-0.2, -0.15) is 0 Å². The van der Waals surface area contributed by atoms with Gasteiger partial charge in [-0.05, 0) is 75.0 Å². The molecule has 1 aliphatic rings. The standard InChI is InChI=1S/C24H33NO4.ClH/c1-25-14-7-9-20(25)13-15-29-21-10-6-5-8-19(21)12-11-18-16-22(26-2)24(28-4)23(17-18)27-3;/h5-6,8,10,16-17,20H,7,9,11-15H2,1-4H3;1H. The van der Waals surface area contributed by atoms with E-state index in [9.17, 15) is 0 Å². The summed E-state index contributed by atoms with van der Waals surface area (Å²) in [5.74, 6) is 2.99. The van der Waals surface area contributed by atoms with Gasteiger partial charge in [0.05, 0.1) is 27.9 Å². The van der Waals surface area contributed by atoms with Crippen molar-refractivity contribution in [3.63, 3.8) is 0 Å². The van der Waals surface area contributed by atoms with Crippen LogP contribution in [0.15, 0.2) is 36.4 Å². The predicted octanol–water partition coefficient (Wildman–Crippen LogP) is 4.78. The summed E-state index contributed by atoms with van der Waals surface area (Å²) in [4.78, 5) is 2.44. The van der Waals surface area contributed by atoms with E-state index in [1.807, 2.05) is 18.2 Å². The third kappa shape index (κ3) is 5.96. The van der Waals surface area contributed by atoms with E-state index in [4.69, 9.17) is 18.9 Å². The molecule has 0 bridgehead atoms. The molecule has 1 atom stereocenters. The number of hydrogen-bond acceptors (Lipinski definition) is 5. The van der Waals surface area contributed by atoms with Gasteiger partial charge >= 0.3 is 0 Å². The average molecular weight is 436 g/mol. The lowest BCUT2D eigenvalue weighted by atomic mass is 10.0. The van der Waals surface area contributed by atoms with E-state index >= 15 is 0 Å². The van der Waals surface area contributed by atoms with Crippen LogP contribution in [0.1, 0.15) is 30.4 Å². The van der Waals surface area contributed by atoms with Crippen LogP contribution in [0.2, 0.25) is 0 Å². The smallest absolute Gasteiger partial charge is 0.203 e. The largest absolute Gasteiger partial charge is 0.493 e. The predicted molar refractivity (Wildman–Crippen MR) is 123 cm³/mol. The number of hydrogen-bond donors (Lipinski definition) is 0. The van der Waals surface area contributed by atoms with Crippen molar-refractivity contribution in [2.45, 2.75) is 38.1 Å². The maximum atomic E-state index is 6.17. The molecule has 6 heteroatoms. The molecule has 1 saturated heterocycles. The summed E-state index contributed by atoms with van der Waals surface area (Å²) in [6.45, 7) is 1.96. The number of benzene rings is 2. The van der Waals surface area contributed by atoms with Crippen LogP contribution in [-0.4, -0.2) is 52.5 Å². The highest BCUT2D eigenvalue weighted by atomic mass is 35.5. The summed E-state index contributed by atoms with van der Waals surface area (Å²) in [6.07, 6.45) is 5.41. The van der Waals surface area contributed by atoms with Crippen LogP contribution in [0.25, 0.3) is 0 Å². The molecule has 3 rings (SSSR count). The van der Waals surface area contributed by atoms with Crippen molar-refractivity contribution < 1.29 is 18.9 Å². The number of para-hydroxylation sites is 1. The first-order valence-corrected chi connectivity index (χ1v) is 10.4. The maximum absolute atomic E-state index is 6.17. The van der Waals surface area contributed by atoms with Crippen molar-refractivity contribution in [1.29, 1.82) is 0 Å². The summed E-state index contributed by atoms with van der Waals surface area (Å²) in [7, 11) is 7.12. The Morgan fingerprint density at radius 2 is 1.63 bits per heavy atom. The van der Waals surface area contributed by atoms with Crippen molar-refractivity contribution in [3.05, 3.63) is 47.5 Å². The first-order chi connectivity index (χ1) is 14.2. The van der Waals surface area contributed by atoms with Crippen LogP contribution in [0.5, 0.6) is 23.0 Å². The van der Waals surface area contributed by atoms with Crippen LogP contribution in [-0.2, 0) is 12.8 Å². The van der Waals surface area contributed by atoms with Gasteiger partial charge < -0.3 is 23.8 Å². The molecular formula is C24H34ClNO4. The van der Waals surface area contributed by atoms with Crippen molar-refractivity contribution in [2.75, 3.05) is 41.5 Å². The van der Waals surface area contributed by atoms with E-state index in [1.165, 1.54) is 24.9 Å². The number of nitrogens with zero attached hydrogens (tertiary/aromatic N) is 1. The van der Waals surface area contributed by atoms with Crippen LogP contribution >= 0.6 is 12.4 Å². The molecule has 2 aromatic carbocycles. The Labute approximate surface area is 186 Å². The molecule has 0 aromatic heterocycles. The highest BCUT2D eigenvalue weighted by Crippen LogP contribution is 2.38. The normalized spacial score (nSPS) is 16.1. The molecule has 0 spiro atoms. The monoisotopic (exact) mass is 435 g/mol. The molecule has 0 amide bonds. The molecule has 1 aliphatic heterocycles. The molecular weight excluding hydrogens is 402 g/mol. The van der Waals surface area contributed by atoms with Gasteiger partial charge in [0.25, 0.3) is 0 Å². The fourth-order valence-electron chi connectivity index (χ4n) is 4.06. The molecule has 1 heterocycles. The zero-order valence-corrected chi connectivity index (χ0v) is 19.3. The molecule has 30 heavy (non-hydrogen) atoms. The summed E-state index contributed by atoms with van der Waals surface area (Å²) < 4.78 is 22.5. The summed E-state index contributed by atoms with van der Waals surface area (Å²) in [5, 5.41) is 0. The van der Waals surface area contributed by atoms with E-state index in [-0.39, 0.29) is 12.4 Å². The molecule has 0 aliphatic carbocycles. The Bertz CT molecular complexity index is 774. The van der Waals surface area contributed by atoms with E-state index in [0.717, 1.165) is 37.2 Å². The van der Waals surface area contributed by atoms with Crippen LogP contribution in [0, 0.1) is 0 Å². The lowest BCUT2D eigenvalue weighted by Gasteiger charge is -2.20. The third-order valence-corrected chi connectivity index (χ3v) is 5.76.